The van der Waals surface area contributed by atoms with Crippen molar-refractivity contribution in [3.8, 4) is 27.8 Å². The zero-order chi connectivity index (χ0) is 18.9. The highest BCUT2D eigenvalue weighted by Crippen LogP contribution is 2.44. The van der Waals surface area contributed by atoms with Crippen LogP contribution < -0.4 is 14.2 Å². The van der Waals surface area contributed by atoms with E-state index < -0.39 is 17.8 Å². The zero-order valence-electron chi connectivity index (χ0n) is 13.7. The van der Waals surface area contributed by atoms with Crippen molar-refractivity contribution >= 4 is 27.5 Å². The van der Waals surface area contributed by atoms with Crippen molar-refractivity contribution in [1.29, 1.82) is 0 Å². The SMILES string of the molecule is COc1cc(-c2nc3ccccc3s2)cc(OC)c1OC(F)(F)C(=O)O. The minimum Gasteiger partial charge on any atom is -0.493 e. The van der Waals surface area contributed by atoms with Crippen LogP contribution in [-0.4, -0.2) is 36.4 Å². The largest absolute Gasteiger partial charge is 0.502 e. The van der Waals surface area contributed by atoms with E-state index in [4.69, 9.17) is 14.6 Å². The average molecular weight is 381 g/mol. The molecule has 2 aromatic carbocycles. The molecule has 6 nitrogen and oxygen atoms in total. The van der Waals surface area contributed by atoms with Gasteiger partial charge in [0.15, 0.2) is 11.5 Å². The van der Waals surface area contributed by atoms with E-state index in [1.165, 1.54) is 37.7 Å². The molecular weight excluding hydrogens is 368 g/mol. The number of halogens is 2. The van der Waals surface area contributed by atoms with Crippen molar-refractivity contribution in [2.75, 3.05) is 14.2 Å². The van der Waals surface area contributed by atoms with Gasteiger partial charge in [-0.15, -0.1) is 11.3 Å². The van der Waals surface area contributed by atoms with Gasteiger partial charge in [0.2, 0.25) is 5.75 Å². The molecule has 0 aliphatic carbocycles. The second kappa shape index (κ2) is 6.75. The second-order valence-corrected chi connectivity index (χ2v) is 6.15. The number of aromatic nitrogens is 1. The van der Waals surface area contributed by atoms with E-state index in [1.807, 2.05) is 24.3 Å². The van der Waals surface area contributed by atoms with Crippen LogP contribution in [0.5, 0.6) is 17.2 Å². The highest BCUT2D eigenvalue weighted by atomic mass is 32.1. The number of methoxy groups -OCH3 is 2. The van der Waals surface area contributed by atoms with Crippen LogP contribution >= 0.6 is 11.3 Å². The highest BCUT2D eigenvalue weighted by Gasteiger charge is 2.44. The molecule has 0 bridgehead atoms. The first-order valence-corrected chi connectivity index (χ1v) is 8.09. The van der Waals surface area contributed by atoms with Crippen LogP contribution in [0.15, 0.2) is 36.4 Å². The summed E-state index contributed by atoms with van der Waals surface area (Å²) in [6.07, 6.45) is -4.43. The van der Waals surface area contributed by atoms with Gasteiger partial charge in [0.05, 0.1) is 24.4 Å². The van der Waals surface area contributed by atoms with Crippen molar-refractivity contribution in [3.05, 3.63) is 36.4 Å². The Morgan fingerprint density at radius 1 is 1.15 bits per heavy atom. The summed E-state index contributed by atoms with van der Waals surface area (Å²) < 4.78 is 42.5. The van der Waals surface area contributed by atoms with Crippen molar-refractivity contribution < 1.29 is 32.9 Å². The predicted molar refractivity (Wildman–Crippen MR) is 91.4 cm³/mol. The summed E-state index contributed by atoms with van der Waals surface area (Å²) in [5.74, 6) is -3.12. The molecule has 1 aromatic heterocycles. The molecule has 0 amide bonds. The lowest BCUT2D eigenvalue weighted by molar-refractivity contribution is -0.211. The van der Waals surface area contributed by atoms with Gasteiger partial charge >= 0.3 is 12.1 Å². The molecule has 26 heavy (non-hydrogen) atoms. The molecule has 3 aromatic rings. The number of para-hydroxylation sites is 1. The van der Waals surface area contributed by atoms with Crippen molar-refractivity contribution in [1.82, 2.24) is 4.98 Å². The van der Waals surface area contributed by atoms with Crippen LogP contribution in [0.4, 0.5) is 8.78 Å². The number of nitrogens with zero attached hydrogens (tertiary/aromatic N) is 1. The molecule has 0 atom stereocenters. The normalized spacial score (nSPS) is 11.4. The third kappa shape index (κ3) is 3.25. The quantitative estimate of drug-likeness (QED) is 0.694. The summed E-state index contributed by atoms with van der Waals surface area (Å²) in [6.45, 7) is 0. The Hall–Kier alpha value is -2.94. The van der Waals surface area contributed by atoms with Crippen molar-refractivity contribution in [2.24, 2.45) is 0 Å². The van der Waals surface area contributed by atoms with Gasteiger partial charge in [-0.05, 0) is 24.3 Å². The highest BCUT2D eigenvalue weighted by molar-refractivity contribution is 7.21. The Labute approximate surface area is 150 Å². The van der Waals surface area contributed by atoms with Crippen molar-refractivity contribution in [3.63, 3.8) is 0 Å². The van der Waals surface area contributed by atoms with Crippen LogP contribution in [0.25, 0.3) is 20.8 Å². The standard InChI is InChI=1S/C17H13F2NO5S/c1-23-11-7-9(15-20-10-5-3-4-6-13(10)26-15)8-12(24-2)14(11)25-17(18,19)16(21)22/h3-8H,1-2H3,(H,21,22). The third-order valence-electron chi connectivity index (χ3n) is 3.48. The molecule has 9 heteroatoms. The molecule has 0 aliphatic heterocycles. The Morgan fingerprint density at radius 3 is 2.31 bits per heavy atom. The van der Waals surface area contributed by atoms with E-state index in [2.05, 4.69) is 9.72 Å². The van der Waals surface area contributed by atoms with Gasteiger partial charge in [-0.1, -0.05) is 12.1 Å². The average Bonchev–Trinajstić information content (AvgIpc) is 3.05. The Kier molecular flexibility index (Phi) is 4.64. The molecule has 0 saturated heterocycles. The maximum Gasteiger partial charge on any atom is 0.502 e. The number of ether oxygens (including phenoxy) is 3. The van der Waals surface area contributed by atoms with Crippen LogP contribution in [-0.2, 0) is 4.79 Å². The molecule has 0 fully saturated rings. The first-order chi connectivity index (χ1) is 12.4. The topological polar surface area (TPSA) is 77.9 Å². The Morgan fingerprint density at radius 2 is 1.77 bits per heavy atom. The fraction of sp³-hybridized carbons (Fsp3) is 0.176. The lowest BCUT2D eigenvalue weighted by Gasteiger charge is -2.18. The summed E-state index contributed by atoms with van der Waals surface area (Å²) >= 11 is 1.41. The van der Waals surface area contributed by atoms with Crippen LogP contribution in [0, 0.1) is 0 Å². The summed E-state index contributed by atoms with van der Waals surface area (Å²) in [5.41, 5.74) is 1.36. The van der Waals surface area contributed by atoms with Gasteiger partial charge in [-0.2, -0.15) is 8.78 Å². The summed E-state index contributed by atoms with van der Waals surface area (Å²) in [7, 11) is 2.51. The molecule has 3 rings (SSSR count). The third-order valence-corrected chi connectivity index (χ3v) is 4.57. The number of hydrogen-bond acceptors (Lipinski definition) is 6. The number of rotatable bonds is 6. The van der Waals surface area contributed by atoms with Gasteiger partial charge in [0.25, 0.3) is 0 Å². The van der Waals surface area contributed by atoms with E-state index in [0.717, 1.165) is 10.2 Å². The number of benzene rings is 2. The Bertz CT molecular complexity index is 915. The van der Waals surface area contributed by atoms with Gasteiger partial charge in [0.1, 0.15) is 5.01 Å². The molecule has 0 spiro atoms. The first kappa shape index (κ1) is 17.9. The molecule has 0 unspecified atom stereocenters. The van der Waals surface area contributed by atoms with Crippen LogP contribution in [0.1, 0.15) is 0 Å². The van der Waals surface area contributed by atoms with Crippen LogP contribution in [0.2, 0.25) is 0 Å². The summed E-state index contributed by atoms with van der Waals surface area (Å²) in [6, 6.07) is 10.4. The van der Waals surface area contributed by atoms with Gasteiger partial charge in [-0.25, -0.2) is 9.78 Å². The second-order valence-electron chi connectivity index (χ2n) is 5.12. The number of aliphatic carboxylic acids is 1. The minimum absolute atomic E-state index is 0.0977. The van der Waals surface area contributed by atoms with Gasteiger partial charge < -0.3 is 19.3 Å². The molecule has 1 heterocycles. The molecule has 1 N–H and O–H groups in total. The molecule has 0 aliphatic rings. The maximum absolute atomic E-state index is 13.5. The Balaban J connectivity index is 2.10. The van der Waals surface area contributed by atoms with E-state index in [9.17, 15) is 13.6 Å². The number of carbonyl (C=O) groups is 1. The van der Waals surface area contributed by atoms with E-state index in [0.29, 0.717) is 10.6 Å². The number of fused-ring (bicyclic) bond motifs is 1. The van der Waals surface area contributed by atoms with E-state index in [-0.39, 0.29) is 11.5 Å². The van der Waals surface area contributed by atoms with E-state index >= 15 is 0 Å². The number of alkyl halides is 2. The van der Waals surface area contributed by atoms with Crippen LogP contribution in [0.3, 0.4) is 0 Å². The monoisotopic (exact) mass is 381 g/mol. The summed E-state index contributed by atoms with van der Waals surface area (Å²) in [5, 5.41) is 9.20. The molecule has 0 saturated carbocycles. The number of carboxylic acid groups (broad SMARTS) is 1. The fourth-order valence-electron chi connectivity index (χ4n) is 2.27. The maximum atomic E-state index is 13.5. The van der Waals surface area contributed by atoms with Gasteiger partial charge in [0, 0.05) is 5.56 Å². The molecule has 0 radical (unpaired) electrons. The lowest BCUT2D eigenvalue weighted by Crippen LogP contribution is -2.35. The number of thiazole rings is 1. The summed E-state index contributed by atoms with van der Waals surface area (Å²) in [4.78, 5) is 15.1. The minimum atomic E-state index is -4.43. The molecular formula is C17H13F2NO5S. The number of carboxylic acids is 1. The fourth-order valence-corrected chi connectivity index (χ4v) is 3.22. The van der Waals surface area contributed by atoms with E-state index in [1.54, 1.807) is 0 Å². The van der Waals surface area contributed by atoms with Gasteiger partial charge in [-0.3, -0.25) is 0 Å². The lowest BCUT2D eigenvalue weighted by atomic mass is 10.2. The first-order valence-electron chi connectivity index (χ1n) is 7.28. The van der Waals surface area contributed by atoms with Crippen molar-refractivity contribution in [2.45, 2.75) is 6.11 Å². The smallest absolute Gasteiger partial charge is 0.493 e. The molecule has 136 valence electrons. The zero-order valence-corrected chi connectivity index (χ0v) is 14.5. The number of hydrogen-bond donors (Lipinski definition) is 1. The predicted octanol–water partition coefficient (Wildman–Crippen LogP) is 4.04.